The fourth-order valence-corrected chi connectivity index (χ4v) is 3.13. The number of H-pyrrole nitrogens is 1. The van der Waals surface area contributed by atoms with Crippen LogP contribution in [0.4, 0.5) is 18.9 Å². The van der Waals surface area contributed by atoms with Gasteiger partial charge >= 0.3 is 6.18 Å². The molecule has 0 bridgehead atoms. The fourth-order valence-electron chi connectivity index (χ4n) is 3.13. The van der Waals surface area contributed by atoms with Crippen LogP contribution >= 0.6 is 0 Å². The summed E-state index contributed by atoms with van der Waals surface area (Å²) in [7, 11) is 0. The number of aromatic nitrogens is 2. The van der Waals surface area contributed by atoms with Crippen molar-refractivity contribution in [1.82, 2.24) is 9.97 Å². The summed E-state index contributed by atoms with van der Waals surface area (Å²) in [5.41, 5.74) is -0.587. The first-order chi connectivity index (χ1) is 14.3. The number of hydrogen-bond donors (Lipinski definition) is 2. The molecule has 0 aliphatic rings. The Morgan fingerprint density at radius 2 is 1.80 bits per heavy atom. The zero-order valence-electron chi connectivity index (χ0n) is 15.3. The van der Waals surface area contributed by atoms with Gasteiger partial charge in [0.25, 0.3) is 11.5 Å². The van der Waals surface area contributed by atoms with E-state index in [0.717, 1.165) is 22.9 Å². The molecule has 2 aromatic carbocycles. The summed E-state index contributed by atoms with van der Waals surface area (Å²) in [5.74, 6) is -0.814. The SMILES string of the molecule is O=C(Nc1cccc(C(F)(F)F)c1)c1cc(-c2cncc3ccccc23)c[nH]c1=O. The Balaban J connectivity index is 1.70. The summed E-state index contributed by atoms with van der Waals surface area (Å²) < 4.78 is 38.7. The number of benzene rings is 2. The summed E-state index contributed by atoms with van der Waals surface area (Å²) >= 11 is 0. The van der Waals surface area contributed by atoms with Crippen molar-refractivity contribution in [3.63, 3.8) is 0 Å². The summed E-state index contributed by atoms with van der Waals surface area (Å²) in [6.07, 6.45) is 0.239. The molecule has 0 aliphatic carbocycles. The molecular formula is C22H14F3N3O2. The molecule has 0 radical (unpaired) electrons. The number of nitrogens with one attached hydrogen (secondary N) is 2. The highest BCUT2D eigenvalue weighted by Crippen LogP contribution is 2.31. The van der Waals surface area contributed by atoms with Gasteiger partial charge in [-0.1, -0.05) is 30.3 Å². The third-order valence-corrected chi connectivity index (χ3v) is 4.57. The zero-order chi connectivity index (χ0) is 21.3. The largest absolute Gasteiger partial charge is 0.416 e. The first-order valence-electron chi connectivity index (χ1n) is 8.87. The van der Waals surface area contributed by atoms with E-state index in [-0.39, 0.29) is 11.3 Å². The monoisotopic (exact) mass is 409 g/mol. The van der Waals surface area contributed by atoms with Crippen molar-refractivity contribution in [1.29, 1.82) is 0 Å². The van der Waals surface area contributed by atoms with Crippen LogP contribution in [0.1, 0.15) is 15.9 Å². The Bertz CT molecular complexity index is 1310. The predicted octanol–water partition coefficient (Wildman–Crippen LogP) is 4.86. The number of carbonyl (C=O) groups is 1. The Morgan fingerprint density at radius 3 is 2.60 bits per heavy atom. The van der Waals surface area contributed by atoms with Gasteiger partial charge in [-0.25, -0.2) is 0 Å². The molecule has 0 saturated carbocycles. The van der Waals surface area contributed by atoms with E-state index in [1.54, 1.807) is 12.4 Å². The number of alkyl halides is 3. The first-order valence-corrected chi connectivity index (χ1v) is 8.87. The second kappa shape index (κ2) is 7.47. The number of rotatable bonds is 3. The number of pyridine rings is 2. The second-order valence-corrected chi connectivity index (χ2v) is 6.57. The van der Waals surface area contributed by atoms with Gasteiger partial charge in [0.2, 0.25) is 0 Å². The fraction of sp³-hybridized carbons (Fsp3) is 0.0455. The molecule has 0 atom stereocenters. The van der Waals surface area contributed by atoms with Crippen LogP contribution in [0.15, 0.2) is 78.0 Å². The predicted molar refractivity (Wildman–Crippen MR) is 107 cm³/mol. The number of aromatic amines is 1. The van der Waals surface area contributed by atoms with Crippen molar-refractivity contribution in [3.8, 4) is 11.1 Å². The van der Waals surface area contributed by atoms with E-state index in [1.807, 2.05) is 24.3 Å². The van der Waals surface area contributed by atoms with Crippen molar-refractivity contribution in [2.45, 2.75) is 6.18 Å². The molecule has 0 spiro atoms. The molecule has 0 aliphatic heterocycles. The molecule has 0 fully saturated rings. The number of halogens is 3. The lowest BCUT2D eigenvalue weighted by Crippen LogP contribution is -2.23. The molecule has 2 N–H and O–H groups in total. The first kappa shape index (κ1) is 19.4. The number of carbonyl (C=O) groups excluding carboxylic acids is 1. The van der Waals surface area contributed by atoms with Crippen molar-refractivity contribution in [2.75, 3.05) is 5.32 Å². The zero-order valence-corrected chi connectivity index (χ0v) is 15.3. The van der Waals surface area contributed by atoms with Crippen molar-refractivity contribution in [3.05, 3.63) is 94.7 Å². The average molecular weight is 409 g/mol. The van der Waals surface area contributed by atoms with E-state index in [2.05, 4.69) is 15.3 Å². The molecule has 150 valence electrons. The van der Waals surface area contributed by atoms with Crippen LogP contribution in [-0.4, -0.2) is 15.9 Å². The van der Waals surface area contributed by atoms with Gasteiger partial charge in [-0.15, -0.1) is 0 Å². The lowest BCUT2D eigenvalue weighted by atomic mass is 10.0. The maximum absolute atomic E-state index is 12.9. The number of nitrogens with zero attached hydrogens (tertiary/aromatic N) is 1. The molecule has 0 saturated heterocycles. The van der Waals surface area contributed by atoms with Crippen LogP contribution in [0.2, 0.25) is 0 Å². The van der Waals surface area contributed by atoms with Crippen LogP contribution in [0.3, 0.4) is 0 Å². The average Bonchev–Trinajstić information content (AvgIpc) is 2.73. The molecule has 1 amide bonds. The third-order valence-electron chi connectivity index (χ3n) is 4.57. The Hall–Kier alpha value is -3.94. The van der Waals surface area contributed by atoms with Gasteiger partial charge in [0.1, 0.15) is 5.56 Å². The molecule has 5 nitrogen and oxygen atoms in total. The second-order valence-electron chi connectivity index (χ2n) is 6.57. The van der Waals surface area contributed by atoms with E-state index in [0.29, 0.717) is 11.1 Å². The van der Waals surface area contributed by atoms with Crippen LogP contribution in [0, 0.1) is 0 Å². The maximum Gasteiger partial charge on any atom is 0.416 e. The minimum Gasteiger partial charge on any atom is -0.328 e. The summed E-state index contributed by atoms with van der Waals surface area (Å²) in [5, 5.41) is 4.12. The quantitative estimate of drug-likeness (QED) is 0.507. The Labute approximate surface area is 168 Å². The number of hydrogen-bond acceptors (Lipinski definition) is 3. The van der Waals surface area contributed by atoms with Crippen molar-refractivity contribution < 1.29 is 18.0 Å². The van der Waals surface area contributed by atoms with Crippen LogP contribution < -0.4 is 10.9 Å². The van der Waals surface area contributed by atoms with Crippen LogP contribution in [0.25, 0.3) is 21.9 Å². The highest BCUT2D eigenvalue weighted by atomic mass is 19.4. The standard InChI is InChI=1S/C22H14F3N3O2/c23-22(24,25)15-5-3-6-16(9-15)28-21(30)18-8-14(11-27-20(18)29)19-12-26-10-13-4-1-2-7-17(13)19/h1-12H,(H,27,29)(H,28,30). The molecule has 2 heterocycles. The molecule has 2 aromatic heterocycles. The molecular weight excluding hydrogens is 395 g/mol. The van der Waals surface area contributed by atoms with Crippen LogP contribution in [-0.2, 0) is 6.18 Å². The van der Waals surface area contributed by atoms with Gasteiger partial charge in [0.05, 0.1) is 5.56 Å². The van der Waals surface area contributed by atoms with Gasteiger partial charge in [0, 0.05) is 40.8 Å². The highest BCUT2D eigenvalue weighted by Gasteiger charge is 2.30. The molecule has 8 heteroatoms. The minimum atomic E-state index is -4.54. The highest BCUT2D eigenvalue weighted by molar-refractivity contribution is 6.05. The lowest BCUT2D eigenvalue weighted by molar-refractivity contribution is -0.137. The van der Waals surface area contributed by atoms with Gasteiger partial charge in [-0.2, -0.15) is 13.2 Å². The van der Waals surface area contributed by atoms with Gasteiger partial charge < -0.3 is 10.3 Å². The smallest absolute Gasteiger partial charge is 0.328 e. The summed E-state index contributed by atoms with van der Waals surface area (Å²) in [6, 6.07) is 13.1. The molecule has 4 rings (SSSR count). The third kappa shape index (κ3) is 3.80. The van der Waals surface area contributed by atoms with Crippen molar-refractivity contribution in [2.24, 2.45) is 0 Å². The maximum atomic E-state index is 12.9. The Kier molecular flexibility index (Phi) is 4.83. The van der Waals surface area contributed by atoms with E-state index in [4.69, 9.17) is 0 Å². The van der Waals surface area contributed by atoms with E-state index < -0.39 is 23.2 Å². The number of amides is 1. The van der Waals surface area contributed by atoms with Crippen molar-refractivity contribution >= 4 is 22.4 Å². The Morgan fingerprint density at radius 1 is 1.00 bits per heavy atom. The van der Waals surface area contributed by atoms with Gasteiger partial charge in [-0.05, 0) is 29.7 Å². The minimum absolute atomic E-state index is 0.0635. The molecule has 0 unspecified atom stereocenters. The summed E-state index contributed by atoms with van der Waals surface area (Å²) in [6.45, 7) is 0. The lowest BCUT2D eigenvalue weighted by Gasteiger charge is -2.11. The van der Waals surface area contributed by atoms with Gasteiger partial charge in [0.15, 0.2) is 0 Å². The summed E-state index contributed by atoms with van der Waals surface area (Å²) in [4.78, 5) is 31.5. The topological polar surface area (TPSA) is 74.8 Å². The number of fused-ring (bicyclic) bond motifs is 1. The van der Waals surface area contributed by atoms with E-state index in [1.165, 1.54) is 24.4 Å². The molecule has 30 heavy (non-hydrogen) atoms. The van der Waals surface area contributed by atoms with E-state index >= 15 is 0 Å². The molecule has 4 aromatic rings. The normalized spacial score (nSPS) is 11.4. The van der Waals surface area contributed by atoms with E-state index in [9.17, 15) is 22.8 Å². The number of anilines is 1. The van der Waals surface area contributed by atoms with Gasteiger partial charge in [-0.3, -0.25) is 14.6 Å². The van der Waals surface area contributed by atoms with Crippen LogP contribution in [0.5, 0.6) is 0 Å².